The summed E-state index contributed by atoms with van der Waals surface area (Å²) in [5.74, 6) is 0.368. The van der Waals surface area contributed by atoms with Gasteiger partial charge < -0.3 is 14.8 Å². The predicted octanol–water partition coefficient (Wildman–Crippen LogP) is 4.43. The molecule has 1 amide bonds. The molecule has 2 aromatic carbocycles. The highest BCUT2D eigenvalue weighted by Crippen LogP contribution is 2.28. The molecular weight excluding hydrogens is 496 g/mol. The van der Waals surface area contributed by atoms with Gasteiger partial charge in [0.25, 0.3) is 5.91 Å². The molecule has 32 heavy (non-hydrogen) atoms. The van der Waals surface area contributed by atoms with Crippen LogP contribution in [0.2, 0.25) is 0 Å². The molecular formula is C23H27BrN2O5S. The van der Waals surface area contributed by atoms with Gasteiger partial charge in [-0.25, -0.2) is 8.42 Å². The number of carbonyl (C=O) groups is 1. The maximum absolute atomic E-state index is 12.8. The molecule has 0 aliphatic carbocycles. The first-order chi connectivity index (χ1) is 15.4. The fraction of sp³-hybridized carbons (Fsp3) is 0.435. The largest absolute Gasteiger partial charge is 0.490 e. The Kier molecular flexibility index (Phi) is 7.50. The Balaban J connectivity index is 1.37. The molecule has 2 saturated heterocycles. The summed E-state index contributed by atoms with van der Waals surface area (Å²) in [6, 6.07) is 11.5. The number of halogens is 1. The molecule has 0 radical (unpaired) electrons. The number of piperidine rings is 1. The van der Waals surface area contributed by atoms with Gasteiger partial charge in [0, 0.05) is 30.9 Å². The third kappa shape index (κ3) is 5.51. The van der Waals surface area contributed by atoms with Crippen LogP contribution >= 0.6 is 15.9 Å². The molecule has 2 fully saturated rings. The van der Waals surface area contributed by atoms with E-state index in [2.05, 4.69) is 21.2 Å². The SMILES string of the molecule is O=C(Nc1ccc(S(=O)(=O)N2CCCCC2)cc1)c1ccc(OCC2CCCO2)c(Br)c1. The number of rotatable bonds is 7. The zero-order valence-electron chi connectivity index (χ0n) is 17.8. The van der Waals surface area contributed by atoms with E-state index in [1.807, 2.05) is 0 Å². The van der Waals surface area contributed by atoms with Crippen LogP contribution in [0.25, 0.3) is 0 Å². The first-order valence-corrected chi connectivity index (χ1v) is 13.1. The monoisotopic (exact) mass is 522 g/mol. The van der Waals surface area contributed by atoms with Crippen LogP contribution in [-0.2, 0) is 14.8 Å². The van der Waals surface area contributed by atoms with Gasteiger partial charge in [-0.1, -0.05) is 6.42 Å². The zero-order valence-corrected chi connectivity index (χ0v) is 20.2. The van der Waals surface area contributed by atoms with Gasteiger partial charge in [0.2, 0.25) is 10.0 Å². The molecule has 1 unspecified atom stereocenters. The van der Waals surface area contributed by atoms with Crippen molar-refractivity contribution in [1.29, 1.82) is 0 Å². The summed E-state index contributed by atoms with van der Waals surface area (Å²) in [6.07, 6.45) is 5.01. The van der Waals surface area contributed by atoms with Crippen LogP contribution in [0.3, 0.4) is 0 Å². The van der Waals surface area contributed by atoms with Crippen LogP contribution in [0, 0.1) is 0 Å². The van der Waals surface area contributed by atoms with Crippen molar-refractivity contribution in [2.45, 2.75) is 43.1 Å². The van der Waals surface area contributed by atoms with Gasteiger partial charge in [0.15, 0.2) is 0 Å². The van der Waals surface area contributed by atoms with Crippen LogP contribution in [0.15, 0.2) is 51.8 Å². The number of amides is 1. The molecule has 2 aliphatic rings. The van der Waals surface area contributed by atoms with E-state index in [0.29, 0.717) is 41.2 Å². The van der Waals surface area contributed by atoms with Crippen molar-refractivity contribution in [2.24, 2.45) is 0 Å². The molecule has 2 heterocycles. The van der Waals surface area contributed by atoms with Crippen LogP contribution in [-0.4, -0.2) is 51.0 Å². The highest BCUT2D eigenvalue weighted by atomic mass is 79.9. The number of ether oxygens (including phenoxy) is 2. The topological polar surface area (TPSA) is 84.9 Å². The normalized spacial score (nSPS) is 19.6. The van der Waals surface area contributed by atoms with Gasteiger partial charge >= 0.3 is 0 Å². The summed E-state index contributed by atoms with van der Waals surface area (Å²) in [6.45, 7) is 2.38. The van der Waals surface area contributed by atoms with Gasteiger partial charge in [-0.3, -0.25) is 4.79 Å². The molecule has 1 atom stereocenters. The van der Waals surface area contributed by atoms with Crippen molar-refractivity contribution in [3.05, 3.63) is 52.5 Å². The summed E-state index contributed by atoms with van der Waals surface area (Å²) >= 11 is 3.46. The molecule has 0 saturated carbocycles. The average Bonchev–Trinajstić information content (AvgIpc) is 3.33. The van der Waals surface area contributed by atoms with Gasteiger partial charge in [-0.15, -0.1) is 0 Å². The van der Waals surface area contributed by atoms with E-state index >= 15 is 0 Å². The lowest BCUT2D eigenvalue weighted by Gasteiger charge is -2.25. The Morgan fingerprint density at radius 1 is 1.09 bits per heavy atom. The van der Waals surface area contributed by atoms with Gasteiger partial charge in [0.05, 0.1) is 15.5 Å². The Morgan fingerprint density at radius 2 is 1.84 bits per heavy atom. The van der Waals surface area contributed by atoms with Crippen molar-refractivity contribution < 1.29 is 22.7 Å². The fourth-order valence-electron chi connectivity index (χ4n) is 3.89. The number of nitrogens with zero attached hydrogens (tertiary/aromatic N) is 1. The standard InChI is InChI=1S/C23H27BrN2O5S/c24-21-15-17(6-11-22(21)31-16-19-5-4-14-30-19)23(27)25-18-7-9-20(10-8-18)32(28,29)26-12-2-1-3-13-26/h6-11,15,19H,1-5,12-14,16H2,(H,25,27). The molecule has 9 heteroatoms. The molecule has 1 N–H and O–H groups in total. The molecule has 4 rings (SSSR count). The van der Waals surface area contributed by atoms with Gasteiger partial charge in [-0.2, -0.15) is 4.31 Å². The number of benzene rings is 2. The lowest BCUT2D eigenvalue weighted by molar-refractivity contribution is 0.0677. The van der Waals surface area contributed by atoms with Crippen LogP contribution in [0.5, 0.6) is 5.75 Å². The molecule has 7 nitrogen and oxygen atoms in total. The summed E-state index contributed by atoms with van der Waals surface area (Å²) in [5, 5.41) is 2.81. The minimum Gasteiger partial charge on any atom is -0.490 e. The highest BCUT2D eigenvalue weighted by molar-refractivity contribution is 9.10. The quantitative estimate of drug-likeness (QED) is 0.581. The average molecular weight is 523 g/mol. The molecule has 2 aromatic rings. The Hall–Kier alpha value is -1.94. The fourth-order valence-corrected chi connectivity index (χ4v) is 5.90. The number of sulfonamides is 1. The molecule has 0 aromatic heterocycles. The van der Waals surface area contributed by atoms with Crippen LogP contribution in [0.1, 0.15) is 42.5 Å². The number of hydrogen-bond donors (Lipinski definition) is 1. The van der Waals surface area contributed by atoms with E-state index in [0.717, 1.165) is 38.7 Å². The van der Waals surface area contributed by atoms with Gasteiger partial charge in [0.1, 0.15) is 12.4 Å². The Morgan fingerprint density at radius 3 is 2.50 bits per heavy atom. The second-order valence-corrected chi connectivity index (χ2v) is 10.8. The molecule has 2 aliphatic heterocycles. The maximum atomic E-state index is 12.8. The zero-order chi connectivity index (χ0) is 22.6. The lowest BCUT2D eigenvalue weighted by Crippen LogP contribution is -2.35. The maximum Gasteiger partial charge on any atom is 0.255 e. The molecule has 0 spiro atoms. The summed E-state index contributed by atoms with van der Waals surface area (Å²) < 4.78 is 39.1. The van der Waals surface area contributed by atoms with Crippen molar-refractivity contribution in [2.75, 3.05) is 31.6 Å². The molecule has 0 bridgehead atoms. The number of nitrogens with one attached hydrogen (secondary N) is 1. The van der Waals surface area contributed by atoms with E-state index in [1.165, 1.54) is 16.4 Å². The van der Waals surface area contributed by atoms with E-state index in [-0.39, 0.29) is 16.9 Å². The second kappa shape index (κ2) is 10.3. The second-order valence-electron chi connectivity index (χ2n) is 8.03. The van der Waals surface area contributed by atoms with Crippen molar-refractivity contribution in [3.63, 3.8) is 0 Å². The van der Waals surface area contributed by atoms with Crippen molar-refractivity contribution in [3.8, 4) is 5.75 Å². The summed E-state index contributed by atoms with van der Waals surface area (Å²) in [4.78, 5) is 12.9. The van der Waals surface area contributed by atoms with E-state index < -0.39 is 10.0 Å². The third-order valence-corrected chi connectivity index (χ3v) is 8.24. The van der Waals surface area contributed by atoms with Crippen molar-refractivity contribution in [1.82, 2.24) is 4.31 Å². The minimum absolute atomic E-state index is 0.117. The van der Waals surface area contributed by atoms with E-state index in [9.17, 15) is 13.2 Å². The first-order valence-electron chi connectivity index (χ1n) is 10.9. The van der Waals surface area contributed by atoms with E-state index in [4.69, 9.17) is 9.47 Å². The number of hydrogen-bond acceptors (Lipinski definition) is 5. The summed E-state index contributed by atoms with van der Waals surface area (Å²) in [7, 11) is -3.49. The lowest BCUT2D eigenvalue weighted by atomic mass is 10.2. The van der Waals surface area contributed by atoms with Crippen molar-refractivity contribution >= 4 is 37.5 Å². The number of carbonyl (C=O) groups excluding carboxylic acids is 1. The van der Waals surface area contributed by atoms with E-state index in [1.54, 1.807) is 30.3 Å². The van der Waals surface area contributed by atoms with Crippen LogP contribution < -0.4 is 10.1 Å². The predicted molar refractivity (Wildman–Crippen MR) is 126 cm³/mol. The number of anilines is 1. The van der Waals surface area contributed by atoms with Gasteiger partial charge in [-0.05, 0) is 84.1 Å². The summed E-state index contributed by atoms with van der Waals surface area (Å²) in [5.41, 5.74) is 0.994. The van der Waals surface area contributed by atoms with Crippen LogP contribution in [0.4, 0.5) is 5.69 Å². The Bertz CT molecular complexity index is 1050. The minimum atomic E-state index is -3.49. The smallest absolute Gasteiger partial charge is 0.255 e. The third-order valence-electron chi connectivity index (χ3n) is 5.71. The highest BCUT2D eigenvalue weighted by Gasteiger charge is 2.25. The molecule has 172 valence electrons. The first kappa shape index (κ1) is 23.2. The Labute approximate surface area is 197 Å².